The maximum atomic E-state index is 13.8. The molecule has 1 aromatic carbocycles. The summed E-state index contributed by atoms with van der Waals surface area (Å²) in [7, 11) is 0. The van der Waals surface area contributed by atoms with E-state index in [9.17, 15) is 18.0 Å². The van der Waals surface area contributed by atoms with Gasteiger partial charge in [0.05, 0.1) is 4.70 Å². The number of halogens is 3. The van der Waals surface area contributed by atoms with Crippen LogP contribution in [0.3, 0.4) is 0 Å². The van der Waals surface area contributed by atoms with Crippen LogP contribution >= 0.6 is 11.3 Å². The summed E-state index contributed by atoms with van der Waals surface area (Å²) in [5.74, 6) is -1.77. The van der Waals surface area contributed by atoms with Crippen LogP contribution in [-0.2, 0) is 4.79 Å². The van der Waals surface area contributed by atoms with Crippen molar-refractivity contribution >= 4 is 32.6 Å². The molecule has 1 N–H and O–H groups in total. The van der Waals surface area contributed by atoms with Crippen molar-refractivity contribution in [3.8, 4) is 0 Å². The minimum absolute atomic E-state index is 0.0156. The van der Waals surface area contributed by atoms with E-state index in [4.69, 9.17) is 0 Å². The van der Waals surface area contributed by atoms with Crippen molar-refractivity contribution in [2.24, 2.45) is 29.6 Å². The van der Waals surface area contributed by atoms with E-state index in [2.05, 4.69) is 10.3 Å². The Morgan fingerprint density at radius 3 is 2.32 bits per heavy atom. The summed E-state index contributed by atoms with van der Waals surface area (Å²) in [6.45, 7) is 0. The molecule has 1 aromatic heterocycles. The van der Waals surface area contributed by atoms with Gasteiger partial charge in [-0.25, -0.2) is 18.2 Å². The van der Waals surface area contributed by atoms with Crippen molar-refractivity contribution in [2.75, 3.05) is 5.32 Å². The van der Waals surface area contributed by atoms with Gasteiger partial charge in [-0.2, -0.15) is 0 Å². The Bertz CT molecular complexity index is 853. The Morgan fingerprint density at radius 1 is 1.04 bits per heavy atom. The quantitative estimate of drug-likeness (QED) is 0.781. The van der Waals surface area contributed by atoms with Crippen LogP contribution in [0.25, 0.3) is 10.2 Å². The fourth-order valence-corrected chi connectivity index (χ4v) is 6.46. The third kappa shape index (κ3) is 2.39. The average Bonchev–Trinajstić information content (AvgIpc) is 2.94. The molecule has 0 aliphatic heterocycles. The number of aromatic nitrogens is 1. The Labute approximate surface area is 146 Å². The minimum atomic E-state index is -1.53. The first kappa shape index (κ1) is 15.6. The number of carbonyl (C=O) groups excluding carboxylic acids is 1. The second-order valence-corrected chi connectivity index (χ2v) is 8.83. The Balaban J connectivity index is 1.41. The predicted molar refractivity (Wildman–Crippen MR) is 88.7 cm³/mol. The molecule has 0 unspecified atom stereocenters. The molecule has 3 nitrogen and oxygen atoms in total. The molecule has 25 heavy (non-hydrogen) atoms. The molecule has 4 saturated carbocycles. The highest BCUT2D eigenvalue weighted by Crippen LogP contribution is 2.56. The molecular weight excluding hydrogens is 349 g/mol. The van der Waals surface area contributed by atoms with Gasteiger partial charge in [-0.1, -0.05) is 11.3 Å². The summed E-state index contributed by atoms with van der Waals surface area (Å²) >= 11 is 0.974. The minimum Gasteiger partial charge on any atom is -0.302 e. The van der Waals surface area contributed by atoms with E-state index >= 15 is 0 Å². The van der Waals surface area contributed by atoms with Gasteiger partial charge in [0.2, 0.25) is 5.91 Å². The molecule has 6 rings (SSSR count). The van der Waals surface area contributed by atoms with Crippen molar-refractivity contribution < 1.29 is 18.0 Å². The van der Waals surface area contributed by atoms with Gasteiger partial charge in [0, 0.05) is 5.92 Å². The summed E-state index contributed by atoms with van der Waals surface area (Å²) in [4.78, 5) is 16.8. The second-order valence-electron chi connectivity index (χ2n) is 7.80. The van der Waals surface area contributed by atoms with Crippen LogP contribution < -0.4 is 5.32 Å². The van der Waals surface area contributed by atoms with E-state index in [0.717, 1.165) is 54.9 Å². The number of fused-ring (bicyclic) bond motifs is 1. The average molecular weight is 366 g/mol. The number of anilines is 1. The Kier molecular flexibility index (Phi) is 3.39. The fourth-order valence-electron chi connectivity index (χ4n) is 5.57. The van der Waals surface area contributed by atoms with Crippen LogP contribution in [0.15, 0.2) is 6.07 Å². The lowest BCUT2D eigenvalue weighted by Gasteiger charge is -2.53. The summed E-state index contributed by atoms with van der Waals surface area (Å²) in [5, 5.41) is 2.99. The van der Waals surface area contributed by atoms with Gasteiger partial charge in [0.25, 0.3) is 0 Å². The zero-order valence-electron chi connectivity index (χ0n) is 13.4. The molecule has 4 bridgehead atoms. The maximum absolute atomic E-state index is 13.8. The first-order valence-electron chi connectivity index (χ1n) is 8.74. The molecule has 0 atom stereocenters. The molecule has 4 aliphatic carbocycles. The van der Waals surface area contributed by atoms with Crippen LogP contribution in [-0.4, -0.2) is 10.9 Å². The second kappa shape index (κ2) is 5.43. The molecule has 0 radical (unpaired) electrons. The Morgan fingerprint density at radius 2 is 1.68 bits per heavy atom. The molecule has 7 heteroatoms. The number of carbonyl (C=O) groups is 1. The molecule has 0 spiro atoms. The first-order valence-corrected chi connectivity index (χ1v) is 9.56. The topological polar surface area (TPSA) is 42.0 Å². The molecule has 2 aromatic rings. The number of rotatable bonds is 2. The lowest BCUT2D eigenvalue weighted by Crippen LogP contribution is -2.49. The van der Waals surface area contributed by atoms with Crippen LogP contribution in [0.2, 0.25) is 0 Å². The summed E-state index contributed by atoms with van der Waals surface area (Å²) < 4.78 is 40.7. The van der Waals surface area contributed by atoms with E-state index < -0.39 is 17.5 Å². The van der Waals surface area contributed by atoms with E-state index in [1.165, 1.54) is 6.42 Å². The monoisotopic (exact) mass is 366 g/mol. The van der Waals surface area contributed by atoms with Gasteiger partial charge in [-0.05, 0) is 61.8 Å². The van der Waals surface area contributed by atoms with E-state index in [0.29, 0.717) is 11.8 Å². The number of amides is 1. The Hall–Kier alpha value is -1.63. The van der Waals surface area contributed by atoms with Gasteiger partial charge in [0.15, 0.2) is 22.6 Å². The smallest absolute Gasteiger partial charge is 0.229 e. The molecule has 1 heterocycles. The molecule has 132 valence electrons. The summed E-state index contributed by atoms with van der Waals surface area (Å²) in [6.07, 6.45) is 5.80. The normalized spacial score (nSPS) is 33.2. The highest BCUT2D eigenvalue weighted by Gasteiger charge is 2.50. The highest BCUT2D eigenvalue weighted by atomic mass is 32.1. The molecule has 4 fully saturated rings. The molecule has 1 amide bonds. The highest BCUT2D eigenvalue weighted by molar-refractivity contribution is 7.22. The van der Waals surface area contributed by atoms with Crippen LogP contribution in [0.4, 0.5) is 18.3 Å². The van der Waals surface area contributed by atoms with Gasteiger partial charge in [-0.15, -0.1) is 0 Å². The van der Waals surface area contributed by atoms with Crippen molar-refractivity contribution in [1.29, 1.82) is 0 Å². The fraction of sp³-hybridized carbons (Fsp3) is 0.556. The molecule has 0 saturated heterocycles. The number of hydrogen-bond acceptors (Lipinski definition) is 3. The van der Waals surface area contributed by atoms with E-state index in [1.54, 1.807) is 0 Å². The SMILES string of the molecule is O=C(Nc1nc2c(F)c(F)c(F)cc2s1)C1C2CC3CC(C2)CC1C3. The van der Waals surface area contributed by atoms with Crippen molar-refractivity contribution in [3.05, 3.63) is 23.5 Å². The van der Waals surface area contributed by atoms with Crippen LogP contribution in [0.5, 0.6) is 0 Å². The van der Waals surface area contributed by atoms with Crippen LogP contribution in [0, 0.1) is 47.0 Å². The number of benzene rings is 1. The van der Waals surface area contributed by atoms with E-state index in [1.807, 2.05) is 0 Å². The summed E-state index contributed by atoms with van der Waals surface area (Å²) in [5.41, 5.74) is -0.232. The zero-order valence-corrected chi connectivity index (χ0v) is 14.2. The molecular formula is C18H17F3N2OS. The van der Waals surface area contributed by atoms with Crippen molar-refractivity contribution in [1.82, 2.24) is 4.98 Å². The lowest BCUT2D eigenvalue weighted by molar-refractivity contribution is -0.132. The van der Waals surface area contributed by atoms with Gasteiger partial charge < -0.3 is 5.32 Å². The van der Waals surface area contributed by atoms with E-state index in [-0.39, 0.29) is 27.2 Å². The maximum Gasteiger partial charge on any atom is 0.229 e. The number of hydrogen-bond donors (Lipinski definition) is 1. The standard InChI is InChI=1S/C18H17F3N2OS/c19-11-6-12-16(15(21)14(11)20)22-18(25-12)23-17(24)13-9-2-7-1-8(4-9)5-10(13)3-7/h6-10,13H,1-5H2,(H,22,23,24). The third-order valence-electron chi connectivity index (χ3n) is 6.28. The van der Waals surface area contributed by atoms with Gasteiger partial charge in [0.1, 0.15) is 5.52 Å². The summed E-state index contributed by atoms with van der Waals surface area (Å²) in [6, 6.07) is 0.921. The first-order chi connectivity index (χ1) is 12.0. The van der Waals surface area contributed by atoms with Crippen molar-refractivity contribution in [2.45, 2.75) is 32.1 Å². The predicted octanol–water partition coefficient (Wildman–Crippen LogP) is 4.72. The van der Waals surface area contributed by atoms with Crippen LogP contribution in [0.1, 0.15) is 32.1 Å². The molecule has 4 aliphatic rings. The number of thiazole rings is 1. The largest absolute Gasteiger partial charge is 0.302 e. The van der Waals surface area contributed by atoms with Crippen molar-refractivity contribution in [3.63, 3.8) is 0 Å². The van der Waals surface area contributed by atoms with Gasteiger partial charge in [-0.3, -0.25) is 4.79 Å². The number of nitrogens with zero attached hydrogens (tertiary/aromatic N) is 1. The third-order valence-corrected chi connectivity index (χ3v) is 7.20. The lowest BCUT2D eigenvalue weighted by atomic mass is 9.51. The number of nitrogens with one attached hydrogen (secondary N) is 1. The zero-order chi connectivity index (χ0) is 17.3. The van der Waals surface area contributed by atoms with Gasteiger partial charge >= 0.3 is 0 Å².